The van der Waals surface area contributed by atoms with E-state index in [0.29, 0.717) is 0 Å². The summed E-state index contributed by atoms with van der Waals surface area (Å²) in [5.41, 5.74) is 4.80. The van der Waals surface area contributed by atoms with Crippen molar-refractivity contribution in [2.45, 2.75) is 0 Å². The van der Waals surface area contributed by atoms with Gasteiger partial charge in [0.2, 0.25) is 5.95 Å². The molecule has 4 N–H and O–H groups in total. The topological polar surface area (TPSA) is 83.8 Å². The molecule has 0 unspecified atom stereocenters. The fourth-order valence-corrected chi connectivity index (χ4v) is 0.826. The Morgan fingerprint density at radius 1 is 1.73 bits per heavy atom. The van der Waals surface area contributed by atoms with E-state index in [9.17, 15) is 4.79 Å². The van der Waals surface area contributed by atoms with E-state index < -0.39 is 5.56 Å². The molecule has 0 atom stereocenters. The van der Waals surface area contributed by atoms with Crippen molar-refractivity contribution in [3.63, 3.8) is 0 Å². The van der Waals surface area contributed by atoms with Gasteiger partial charge in [-0.15, -0.1) is 0 Å². The van der Waals surface area contributed by atoms with Crippen molar-refractivity contribution < 1.29 is 0 Å². The third kappa shape index (κ3) is 1.43. The van der Waals surface area contributed by atoms with Crippen LogP contribution in [0.25, 0.3) is 0 Å². The zero-order valence-corrected chi connectivity index (χ0v) is 6.57. The van der Waals surface area contributed by atoms with Crippen LogP contribution in [0.3, 0.4) is 0 Å². The van der Waals surface area contributed by atoms with Crippen LogP contribution in [0.2, 0.25) is 5.02 Å². The van der Waals surface area contributed by atoms with E-state index >= 15 is 0 Å². The molecule has 1 aromatic heterocycles. The summed E-state index contributed by atoms with van der Waals surface area (Å²) in [5.74, 6) is 0.330. The monoisotopic (exact) mass is 174 g/mol. The summed E-state index contributed by atoms with van der Waals surface area (Å²) in [6, 6.07) is 0. The fraction of sp³-hybridized carbons (Fsp3) is 0.200. The second-order valence-corrected chi connectivity index (χ2v) is 2.24. The number of aromatic amines is 1. The average Bonchev–Trinajstić information content (AvgIpc) is 1.96. The number of rotatable bonds is 1. The molecule has 1 aromatic rings. The Hall–Kier alpha value is -1.23. The molecule has 0 saturated carbocycles. The lowest BCUT2D eigenvalue weighted by Gasteiger charge is -2.00. The highest BCUT2D eigenvalue weighted by Crippen LogP contribution is 2.12. The van der Waals surface area contributed by atoms with Crippen molar-refractivity contribution in [3.05, 3.63) is 15.4 Å². The van der Waals surface area contributed by atoms with Gasteiger partial charge in [0, 0.05) is 7.05 Å². The number of nitrogens with two attached hydrogens (primary N) is 1. The highest BCUT2D eigenvalue weighted by Gasteiger charge is 2.04. The molecule has 1 heterocycles. The number of aromatic nitrogens is 2. The molecule has 0 radical (unpaired) electrons. The van der Waals surface area contributed by atoms with Crippen molar-refractivity contribution in [2.75, 3.05) is 18.1 Å². The predicted molar refractivity (Wildman–Crippen MR) is 43.8 cm³/mol. The van der Waals surface area contributed by atoms with Crippen molar-refractivity contribution in [3.8, 4) is 0 Å². The van der Waals surface area contributed by atoms with Crippen molar-refractivity contribution in [1.29, 1.82) is 0 Å². The van der Waals surface area contributed by atoms with Gasteiger partial charge in [0.25, 0.3) is 5.56 Å². The first-order chi connectivity index (χ1) is 5.15. The quantitative estimate of drug-likeness (QED) is 0.562. The molecule has 0 aliphatic carbocycles. The molecule has 6 heteroatoms. The first-order valence-electron chi connectivity index (χ1n) is 2.88. The first-order valence-corrected chi connectivity index (χ1v) is 3.26. The van der Waals surface area contributed by atoms with Gasteiger partial charge in [-0.2, -0.15) is 4.98 Å². The van der Waals surface area contributed by atoms with Crippen LogP contribution in [0.15, 0.2) is 4.79 Å². The molecule has 5 nitrogen and oxygen atoms in total. The highest BCUT2D eigenvalue weighted by molar-refractivity contribution is 6.32. The van der Waals surface area contributed by atoms with Crippen LogP contribution in [0.4, 0.5) is 11.8 Å². The van der Waals surface area contributed by atoms with Gasteiger partial charge in [0.15, 0.2) is 5.82 Å². The number of halogens is 1. The van der Waals surface area contributed by atoms with Crippen LogP contribution in [-0.4, -0.2) is 17.0 Å². The Morgan fingerprint density at radius 2 is 2.36 bits per heavy atom. The number of nitrogen functional groups attached to an aromatic ring is 1. The van der Waals surface area contributed by atoms with Gasteiger partial charge in [-0.25, -0.2) is 0 Å². The normalized spacial score (nSPS) is 9.64. The Kier molecular flexibility index (Phi) is 2.00. The fourth-order valence-electron chi connectivity index (χ4n) is 0.642. The number of H-pyrrole nitrogens is 1. The molecule has 0 aliphatic heterocycles. The van der Waals surface area contributed by atoms with Crippen LogP contribution in [0, 0.1) is 0 Å². The van der Waals surface area contributed by atoms with Crippen LogP contribution < -0.4 is 16.6 Å². The maximum Gasteiger partial charge on any atom is 0.273 e. The van der Waals surface area contributed by atoms with Gasteiger partial charge in [-0.1, -0.05) is 11.6 Å². The second-order valence-electron chi connectivity index (χ2n) is 1.86. The molecule has 0 aliphatic rings. The number of nitrogens with zero attached hydrogens (tertiary/aromatic N) is 1. The molecule has 60 valence electrons. The molecule has 0 aromatic carbocycles. The first kappa shape index (κ1) is 7.87. The minimum Gasteiger partial charge on any atom is -0.372 e. The molecule has 0 fully saturated rings. The van der Waals surface area contributed by atoms with Gasteiger partial charge in [0.05, 0.1) is 0 Å². The summed E-state index contributed by atoms with van der Waals surface area (Å²) < 4.78 is 0. The van der Waals surface area contributed by atoms with E-state index in [1.807, 2.05) is 0 Å². The van der Waals surface area contributed by atoms with E-state index in [-0.39, 0.29) is 16.8 Å². The molecule has 0 saturated heterocycles. The number of anilines is 2. The smallest absolute Gasteiger partial charge is 0.273 e. The lowest BCUT2D eigenvalue weighted by Crippen LogP contribution is -2.13. The molecule has 0 bridgehead atoms. The molecule has 1 rings (SSSR count). The lowest BCUT2D eigenvalue weighted by atomic mass is 10.5. The van der Waals surface area contributed by atoms with E-state index in [4.69, 9.17) is 17.3 Å². The Morgan fingerprint density at radius 3 is 2.91 bits per heavy atom. The van der Waals surface area contributed by atoms with E-state index in [2.05, 4.69) is 15.3 Å². The van der Waals surface area contributed by atoms with Gasteiger partial charge in [-0.05, 0) is 0 Å². The molecular formula is C5H7ClN4O. The summed E-state index contributed by atoms with van der Waals surface area (Å²) >= 11 is 5.54. The average molecular weight is 175 g/mol. The van der Waals surface area contributed by atoms with Crippen molar-refractivity contribution in [2.24, 2.45) is 0 Å². The van der Waals surface area contributed by atoms with Gasteiger partial charge in [0.1, 0.15) is 5.02 Å². The van der Waals surface area contributed by atoms with E-state index in [0.717, 1.165) is 0 Å². The minimum absolute atomic E-state index is 0.0155. The van der Waals surface area contributed by atoms with Gasteiger partial charge < -0.3 is 11.1 Å². The highest BCUT2D eigenvalue weighted by atomic mass is 35.5. The van der Waals surface area contributed by atoms with Crippen molar-refractivity contribution >= 4 is 23.4 Å². The maximum absolute atomic E-state index is 10.9. The van der Waals surface area contributed by atoms with Crippen LogP contribution in [0.1, 0.15) is 0 Å². The summed E-state index contributed by atoms with van der Waals surface area (Å²) in [5, 5.41) is 2.65. The minimum atomic E-state index is -0.441. The second kappa shape index (κ2) is 2.79. The van der Waals surface area contributed by atoms with Gasteiger partial charge in [-0.3, -0.25) is 9.78 Å². The van der Waals surface area contributed by atoms with Crippen LogP contribution in [-0.2, 0) is 0 Å². The summed E-state index contributed by atoms with van der Waals surface area (Å²) in [4.78, 5) is 16.9. The lowest BCUT2D eigenvalue weighted by molar-refractivity contribution is 1.13. The third-order valence-electron chi connectivity index (χ3n) is 1.12. The molecule has 11 heavy (non-hydrogen) atoms. The number of nitrogens with one attached hydrogen (secondary N) is 2. The van der Waals surface area contributed by atoms with Gasteiger partial charge >= 0.3 is 0 Å². The zero-order chi connectivity index (χ0) is 8.43. The van der Waals surface area contributed by atoms with Crippen LogP contribution >= 0.6 is 11.6 Å². The molecular weight excluding hydrogens is 168 g/mol. The maximum atomic E-state index is 10.9. The Bertz CT molecular complexity index is 321. The summed E-state index contributed by atoms with van der Waals surface area (Å²) in [7, 11) is 1.60. The largest absolute Gasteiger partial charge is 0.372 e. The molecule has 0 spiro atoms. The van der Waals surface area contributed by atoms with E-state index in [1.165, 1.54) is 0 Å². The number of hydrogen-bond acceptors (Lipinski definition) is 4. The molecule has 0 amide bonds. The summed E-state index contributed by atoms with van der Waals surface area (Å²) in [6.07, 6.45) is 0. The van der Waals surface area contributed by atoms with E-state index in [1.54, 1.807) is 7.05 Å². The third-order valence-corrected chi connectivity index (χ3v) is 1.47. The standard InChI is InChI=1S/C5H7ClN4O/c1-8-3-2(6)4(11)10-5(7)9-3/h1H3,(H4,7,8,9,10,11). The van der Waals surface area contributed by atoms with Crippen LogP contribution in [0.5, 0.6) is 0 Å². The van der Waals surface area contributed by atoms with Crippen molar-refractivity contribution in [1.82, 2.24) is 9.97 Å². The summed E-state index contributed by atoms with van der Waals surface area (Å²) in [6.45, 7) is 0. The zero-order valence-electron chi connectivity index (χ0n) is 5.81. The predicted octanol–water partition coefficient (Wildman–Crippen LogP) is 0.0472. The Labute approximate surface area is 67.6 Å². The SMILES string of the molecule is CNc1nc(N)[nH]c(=O)c1Cl. The Balaban J connectivity index is 3.36. The number of hydrogen-bond donors (Lipinski definition) is 3.